The van der Waals surface area contributed by atoms with Gasteiger partial charge in [0, 0.05) is 10.0 Å². The Morgan fingerprint density at radius 1 is 0.929 bits per heavy atom. The van der Waals surface area contributed by atoms with Crippen molar-refractivity contribution in [3.8, 4) is 5.75 Å². The Labute approximate surface area is 173 Å². The van der Waals surface area contributed by atoms with E-state index in [9.17, 15) is 8.42 Å². The molecule has 28 heavy (non-hydrogen) atoms. The maximum atomic E-state index is 12.2. The summed E-state index contributed by atoms with van der Waals surface area (Å²) in [6, 6.07) is 20.4. The van der Waals surface area contributed by atoms with E-state index >= 15 is 0 Å². The predicted molar refractivity (Wildman–Crippen MR) is 112 cm³/mol. The first-order valence-corrected chi connectivity index (χ1v) is 10.4. The van der Waals surface area contributed by atoms with E-state index in [1.165, 1.54) is 30.5 Å². The van der Waals surface area contributed by atoms with E-state index in [0.29, 0.717) is 28.0 Å². The van der Waals surface area contributed by atoms with Crippen molar-refractivity contribution in [2.24, 2.45) is 5.10 Å². The lowest BCUT2D eigenvalue weighted by Crippen LogP contribution is -2.18. The number of halogens is 2. The topological polar surface area (TPSA) is 67.8 Å². The highest BCUT2D eigenvalue weighted by Gasteiger charge is 2.11. The van der Waals surface area contributed by atoms with Crippen molar-refractivity contribution in [3.63, 3.8) is 0 Å². The third-order valence-electron chi connectivity index (χ3n) is 3.69. The molecule has 0 unspecified atom stereocenters. The maximum absolute atomic E-state index is 12.2. The number of nitrogens with zero attached hydrogens (tertiary/aromatic N) is 1. The van der Waals surface area contributed by atoms with Crippen LogP contribution in [0.4, 0.5) is 0 Å². The molecule has 3 rings (SSSR count). The minimum absolute atomic E-state index is 0.0779. The maximum Gasteiger partial charge on any atom is 0.276 e. The Bertz CT molecular complexity index is 1070. The van der Waals surface area contributed by atoms with Crippen LogP contribution in [-0.4, -0.2) is 14.6 Å². The fourth-order valence-corrected chi connectivity index (χ4v) is 3.31. The molecule has 0 fully saturated rings. The van der Waals surface area contributed by atoms with Crippen molar-refractivity contribution in [2.45, 2.75) is 11.5 Å². The number of sulfonamides is 1. The van der Waals surface area contributed by atoms with E-state index in [-0.39, 0.29) is 4.90 Å². The first kappa shape index (κ1) is 20.2. The van der Waals surface area contributed by atoms with Crippen LogP contribution in [0.15, 0.2) is 82.8 Å². The first-order valence-electron chi connectivity index (χ1n) is 8.20. The summed E-state index contributed by atoms with van der Waals surface area (Å²) in [6.07, 6.45) is 1.41. The number of hydrogen-bond donors (Lipinski definition) is 1. The van der Waals surface area contributed by atoms with Crippen LogP contribution in [-0.2, 0) is 16.6 Å². The Morgan fingerprint density at radius 2 is 1.57 bits per heavy atom. The van der Waals surface area contributed by atoms with E-state index < -0.39 is 10.0 Å². The van der Waals surface area contributed by atoms with Gasteiger partial charge in [-0.15, -0.1) is 0 Å². The van der Waals surface area contributed by atoms with Crippen LogP contribution in [0.5, 0.6) is 5.75 Å². The second-order valence-corrected chi connectivity index (χ2v) is 8.33. The largest absolute Gasteiger partial charge is 0.489 e. The molecule has 0 bridgehead atoms. The molecule has 0 amide bonds. The van der Waals surface area contributed by atoms with Gasteiger partial charge in [-0.25, -0.2) is 4.83 Å². The van der Waals surface area contributed by atoms with Gasteiger partial charge in [0.05, 0.1) is 11.1 Å². The van der Waals surface area contributed by atoms with Gasteiger partial charge < -0.3 is 4.74 Å². The van der Waals surface area contributed by atoms with Gasteiger partial charge in [-0.05, 0) is 59.7 Å². The number of hydrogen-bond acceptors (Lipinski definition) is 4. The highest BCUT2D eigenvalue weighted by atomic mass is 35.5. The summed E-state index contributed by atoms with van der Waals surface area (Å²) in [6.45, 7) is 0.390. The second kappa shape index (κ2) is 9.10. The van der Waals surface area contributed by atoms with Gasteiger partial charge in [0.1, 0.15) is 12.4 Å². The Balaban J connectivity index is 1.62. The molecular weight excluding hydrogens is 419 g/mol. The van der Waals surface area contributed by atoms with Gasteiger partial charge in [-0.1, -0.05) is 47.5 Å². The van der Waals surface area contributed by atoms with Crippen molar-refractivity contribution in [1.29, 1.82) is 0 Å². The molecule has 0 radical (unpaired) electrons. The number of nitrogens with one attached hydrogen (secondary N) is 1. The molecule has 8 heteroatoms. The third kappa shape index (κ3) is 5.73. The summed E-state index contributed by atoms with van der Waals surface area (Å²) in [4.78, 5) is 2.25. The SMILES string of the molecule is O=S(=O)(NN=Cc1cccc(OCc2ccc(Cl)cc2)c1)c1ccc(Cl)cc1. The Hall–Kier alpha value is -2.54. The third-order valence-corrected chi connectivity index (χ3v) is 5.43. The molecular formula is C20H16Cl2N2O3S. The smallest absolute Gasteiger partial charge is 0.276 e. The van der Waals surface area contributed by atoms with Crippen LogP contribution >= 0.6 is 23.2 Å². The van der Waals surface area contributed by atoms with Gasteiger partial charge in [0.2, 0.25) is 0 Å². The molecule has 0 aromatic heterocycles. The summed E-state index contributed by atoms with van der Waals surface area (Å²) < 4.78 is 30.1. The van der Waals surface area contributed by atoms with Crippen LogP contribution < -0.4 is 9.57 Å². The van der Waals surface area contributed by atoms with Crippen molar-refractivity contribution >= 4 is 39.4 Å². The van der Waals surface area contributed by atoms with E-state index in [4.69, 9.17) is 27.9 Å². The summed E-state index contributed by atoms with van der Waals surface area (Å²) in [5, 5.41) is 4.94. The second-order valence-electron chi connectivity index (χ2n) is 5.79. The Kier molecular flexibility index (Phi) is 6.57. The molecule has 0 aliphatic rings. The lowest BCUT2D eigenvalue weighted by Gasteiger charge is -2.07. The quantitative estimate of drug-likeness (QED) is 0.425. The first-order chi connectivity index (χ1) is 13.4. The number of rotatable bonds is 7. The zero-order chi connectivity index (χ0) is 20.0. The molecule has 0 aliphatic carbocycles. The highest BCUT2D eigenvalue weighted by Crippen LogP contribution is 2.16. The van der Waals surface area contributed by atoms with Gasteiger partial charge in [0.15, 0.2) is 0 Å². The van der Waals surface area contributed by atoms with Crippen LogP contribution in [0.2, 0.25) is 10.0 Å². The zero-order valence-electron chi connectivity index (χ0n) is 14.5. The molecule has 3 aromatic rings. The molecule has 0 saturated carbocycles. The van der Waals surface area contributed by atoms with Gasteiger partial charge >= 0.3 is 0 Å². The number of ether oxygens (including phenoxy) is 1. The van der Waals surface area contributed by atoms with E-state index in [1.54, 1.807) is 30.3 Å². The van der Waals surface area contributed by atoms with E-state index in [1.807, 2.05) is 18.2 Å². The summed E-state index contributed by atoms with van der Waals surface area (Å²) in [5.74, 6) is 0.638. The molecule has 0 heterocycles. The fraction of sp³-hybridized carbons (Fsp3) is 0.0500. The summed E-state index contributed by atoms with van der Waals surface area (Å²) in [7, 11) is -3.76. The monoisotopic (exact) mass is 434 g/mol. The van der Waals surface area contributed by atoms with Crippen molar-refractivity contribution in [3.05, 3.63) is 94.0 Å². The highest BCUT2D eigenvalue weighted by molar-refractivity contribution is 7.89. The molecule has 0 saturated heterocycles. The van der Waals surface area contributed by atoms with Crippen molar-refractivity contribution in [1.82, 2.24) is 4.83 Å². The lowest BCUT2D eigenvalue weighted by atomic mass is 10.2. The standard InChI is InChI=1S/C20H16Cl2N2O3S/c21-17-6-4-15(5-7-17)14-27-19-3-1-2-16(12-19)13-23-24-28(25,26)20-10-8-18(22)9-11-20/h1-13,24H,14H2. The van der Waals surface area contributed by atoms with Crippen molar-refractivity contribution < 1.29 is 13.2 Å². The molecule has 0 spiro atoms. The molecule has 5 nitrogen and oxygen atoms in total. The minimum atomic E-state index is -3.76. The average molecular weight is 435 g/mol. The van der Waals surface area contributed by atoms with Crippen LogP contribution in [0.25, 0.3) is 0 Å². The normalized spacial score (nSPS) is 11.5. The Morgan fingerprint density at radius 3 is 2.25 bits per heavy atom. The van der Waals surface area contributed by atoms with Crippen LogP contribution in [0, 0.1) is 0 Å². The van der Waals surface area contributed by atoms with E-state index in [0.717, 1.165) is 5.56 Å². The molecule has 144 valence electrons. The van der Waals surface area contributed by atoms with Crippen LogP contribution in [0.1, 0.15) is 11.1 Å². The van der Waals surface area contributed by atoms with Gasteiger partial charge in [-0.3, -0.25) is 0 Å². The average Bonchev–Trinajstić information content (AvgIpc) is 2.68. The zero-order valence-corrected chi connectivity index (χ0v) is 16.9. The summed E-state index contributed by atoms with van der Waals surface area (Å²) >= 11 is 11.6. The van der Waals surface area contributed by atoms with E-state index in [2.05, 4.69) is 9.93 Å². The molecule has 1 N–H and O–H groups in total. The predicted octanol–water partition coefficient (Wildman–Crippen LogP) is 4.88. The van der Waals surface area contributed by atoms with Crippen molar-refractivity contribution in [2.75, 3.05) is 0 Å². The fourth-order valence-electron chi connectivity index (χ4n) is 2.27. The van der Waals surface area contributed by atoms with Crippen LogP contribution in [0.3, 0.4) is 0 Å². The summed E-state index contributed by atoms with van der Waals surface area (Å²) in [5.41, 5.74) is 1.67. The molecule has 3 aromatic carbocycles. The number of hydrazone groups is 1. The molecule has 0 aliphatic heterocycles. The number of benzene rings is 3. The lowest BCUT2D eigenvalue weighted by molar-refractivity contribution is 0.306. The van der Waals surface area contributed by atoms with Gasteiger partial charge in [0.25, 0.3) is 10.0 Å². The minimum Gasteiger partial charge on any atom is -0.489 e. The van der Waals surface area contributed by atoms with Gasteiger partial charge in [-0.2, -0.15) is 13.5 Å². The molecule has 0 atom stereocenters.